The van der Waals surface area contributed by atoms with Crippen molar-refractivity contribution in [1.29, 1.82) is 0 Å². The average Bonchev–Trinajstić information content (AvgIpc) is 2.59. The Hall–Kier alpha value is -1.16. The second-order valence-corrected chi connectivity index (χ2v) is 6.36. The molecular formula is C14H15BrO3. The van der Waals surface area contributed by atoms with E-state index >= 15 is 0 Å². The van der Waals surface area contributed by atoms with Gasteiger partial charge in [0.25, 0.3) is 0 Å². The van der Waals surface area contributed by atoms with E-state index in [1.54, 1.807) is 32.9 Å². The summed E-state index contributed by atoms with van der Waals surface area (Å²) in [6.45, 7) is 5.42. The molecule has 0 bridgehead atoms. The SMILES string of the molecule is CC(C)(C)C(=O)Oc1cc(Br)c2c(c1)CCC2=O. The van der Waals surface area contributed by atoms with E-state index in [1.165, 1.54) is 0 Å². The van der Waals surface area contributed by atoms with Crippen molar-refractivity contribution in [2.75, 3.05) is 0 Å². The summed E-state index contributed by atoms with van der Waals surface area (Å²) in [5, 5.41) is 0. The number of ketones is 1. The molecule has 3 nitrogen and oxygen atoms in total. The molecule has 0 amide bonds. The van der Waals surface area contributed by atoms with E-state index in [0.29, 0.717) is 23.1 Å². The zero-order chi connectivity index (χ0) is 13.5. The maximum absolute atomic E-state index is 11.8. The molecule has 1 aliphatic carbocycles. The molecule has 0 aromatic heterocycles. The third-order valence-corrected chi connectivity index (χ3v) is 3.49. The van der Waals surface area contributed by atoms with E-state index in [4.69, 9.17) is 4.74 Å². The standard InChI is InChI=1S/C14H15BrO3/c1-14(2,3)13(17)18-9-6-8-4-5-11(16)12(8)10(15)7-9/h6-7H,4-5H2,1-3H3. The molecule has 0 heterocycles. The number of hydrogen-bond donors (Lipinski definition) is 0. The lowest BCUT2D eigenvalue weighted by molar-refractivity contribution is -0.143. The Morgan fingerprint density at radius 1 is 1.28 bits per heavy atom. The third kappa shape index (κ3) is 2.48. The molecule has 0 saturated carbocycles. The molecule has 2 rings (SSSR count). The number of carbonyl (C=O) groups excluding carboxylic acids is 2. The minimum atomic E-state index is -0.540. The summed E-state index contributed by atoms with van der Waals surface area (Å²) in [5.41, 5.74) is 1.14. The van der Waals surface area contributed by atoms with Crippen LogP contribution in [0.4, 0.5) is 0 Å². The van der Waals surface area contributed by atoms with E-state index in [2.05, 4.69) is 15.9 Å². The molecule has 0 saturated heterocycles. The van der Waals surface area contributed by atoms with Crippen molar-refractivity contribution in [3.05, 3.63) is 27.7 Å². The molecule has 0 N–H and O–H groups in total. The Labute approximate surface area is 115 Å². The summed E-state index contributed by atoms with van der Waals surface area (Å²) in [7, 11) is 0. The van der Waals surface area contributed by atoms with Crippen LogP contribution in [0.3, 0.4) is 0 Å². The summed E-state index contributed by atoms with van der Waals surface area (Å²) >= 11 is 3.37. The Bertz CT molecular complexity index is 527. The molecule has 96 valence electrons. The molecule has 0 unspecified atom stereocenters. The molecule has 0 radical (unpaired) electrons. The van der Waals surface area contributed by atoms with Crippen molar-refractivity contribution in [2.24, 2.45) is 5.41 Å². The Morgan fingerprint density at radius 3 is 2.56 bits per heavy atom. The van der Waals surface area contributed by atoms with Crippen molar-refractivity contribution in [2.45, 2.75) is 33.6 Å². The number of aryl methyl sites for hydroxylation is 1. The van der Waals surface area contributed by atoms with Gasteiger partial charge in [-0.2, -0.15) is 0 Å². The average molecular weight is 311 g/mol. The Balaban J connectivity index is 2.30. The Kier molecular flexibility index (Phi) is 3.32. The van der Waals surface area contributed by atoms with Gasteiger partial charge in [0.05, 0.1) is 5.41 Å². The monoisotopic (exact) mass is 310 g/mol. The second-order valence-electron chi connectivity index (χ2n) is 5.50. The summed E-state index contributed by atoms with van der Waals surface area (Å²) in [6, 6.07) is 3.47. The largest absolute Gasteiger partial charge is 0.426 e. The van der Waals surface area contributed by atoms with Crippen molar-refractivity contribution >= 4 is 27.7 Å². The van der Waals surface area contributed by atoms with Crippen molar-refractivity contribution in [3.63, 3.8) is 0 Å². The molecule has 1 aliphatic rings. The number of ether oxygens (including phenoxy) is 1. The lowest BCUT2D eigenvalue weighted by Crippen LogP contribution is -2.25. The highest BCUT2D eigenvalue weighted by molar-refractivity contribution is 9.10. The number of hydrogen-bond acceptors (Lipinski definition) is 3. The third-order valence-electron chi connectivity index (χ3n) is 2.87. The Morgan fingerprint density at radius 2 is 1.94 bits per heavy atom. The van der Waals surface area contributed by atoms with E-state index in [9.17, 15) is 9.59 Å². The number of esters is 1. The second kappa shape index (κ2) is 4.50. The number of halogens is 1. The molecule has 4 heteroatoms. The van der Waals surface area contributed by atoms with Crippen molar-refractivity contribution < 1.29 is 14.3 Å². The first-order chi connectivity index (χ1) is 8.29. The molecule has 0 spiro atoms. The fourth-order valence-corrected chi connectivity index (χ4v) is 2.54. The summed E-state index contributed by atoms with van der Waals surface area (Å²) in [6.07, 6.45) is 1.25. The number of rotatable bonds is 1. The molecule has 1 aromatic carbocycles. The van der Waals surface area contributed by atoms with Gasteiger partial charge in [-0.1, -0.05) is 0 Å². The first kappa shape index (κ1) is 13.3. The lowest BCUT2D eigenvalue weighted by atomic mass is 9.97. The first-order valence-corrected chi connectivity index (χ1v) is 6.66. The maximum atomic E-state index is 11.8. The smallest absolute Gasteiger partial charge is 0.316 e. The van der Waals surface area contributed by atoms with Gasteiger partial charge >= 0.3 is 5.97 Å². The van der Waals surface area contributed by atoms with Crippen LogP contribution in [0.15, 0.2) is 16.6 Å². The van der Waals surface area contributed by atoms with Crippen LogP contribution < -0.4 is 4.74 Å². The van der Waals surface area contributed by atoms with E-state index in [1.807, 2.05) is 0 Å². The molecule has 18 heavy (non-hydrogen) atoms. The van der Waals surface area contributed by atoms with E-state index in [0.717, 1.165) is 11.1 Å². The van der Waals surface area contributed by atoms with E-state index in [-0.39, 0.29) is 11.8 Å². The summed E-state index contributed by atoms with van der Waals surface area (Å²) in [4.78, 5) is 23.4. The fraction of sp³-hybridized carbons (Fsp3) is 0.429. The summed E-state index contributed by atoms with van der Waals surface area (Å²) < 4.78 is 6.05. The number of Topliss-reactive ketones (excluding diaryl/α,β-unsaturated/α-hetero) is 1. The van der Waals surface area contributed by atoms with E-state index < -0.39 is 5.41 Å². The van der Waals surface area contributed by atoms with Gasteiger partial charge in [0.1, 0.15) is 5.75 Å². The van der Waals surface area contributed by atoms with Crippen LogP contribution in [0.5, 0.6) is 5.75 Å². The van der Waals surface area contributed by atoms with Gasteiger partial charge in [0, 0.05) is 16.5 Å². The topological polar surface area (TPSA) is 43.4 Å². The normalized spacial score (nSPS) is 14.6. The van der Waals surface area contributed by atoms with Crippen LogP contribution in [-0.4, -0.2) is 11.8 Å². The van der Waals surface area contributed by atoms with Crippen LogP contribution in [-0.2, 0) is 11.2 Å². The highest BCUT2D eigenvalue weighted by Gasteiger charge is 2.26. The van der Waals surface area contributed by atoms with Gasteiger partial charge in [0.2, 0.25) is 0 Å². The molecule has 1 aromatic rings. The highest BCUT2D eigenvalue weighted by Crippen LogP contribution is 2.34. The predicted octanol–water partition coefficient (Wildman–Crippen LogP) is 3.53. The minimum Gasteiger partial charge on any atom is -0.426 e. The van der Waals surface area contributed by atoms with Gasteiger partial charge in [-0.05, 0) is 60.8 Å². The van der Waals surface area contributed by atoms with Crippen molar-refractivity contribution in [3.8, 4) is 5.75 Å². The van der Waals surface area contributed by atoms with Crippen LogP contribution in [0.2, 0.25) is 0 Å². The molecular weight excluding hydrogens is 296 g/mol. The lowest BCUT2D eigenvalue weighted by Gasteiger charge is -2.17. The van der Waals surface area contributed by atoms with Crippen LogP contribution in [0, 0.1) is 5.41 Å². The van der Waals surface area contributed by atoms with Crippen molar-refractivity contribution in [1.82, 2.24) is 0 Å². The number of benzene rings is 1. The number of carbonyl (C=O) groups is 2. The predicted molar refractivity (Wildman–Crippen MR) is 71.9 cm³/mol. The summed E-state index contributed by atoms with van der Waals surface area (Å²) in [5.74, 6) is 0.361. The van der Waals surface area contributed by atoms with Crippen LogP contribution in [0.25, 0.3) is 0 Å². The molecule has 0 fully saturated rings. The van der Waals surface area contributed by atoms with Gasteiger partial charge in [-0.15, -0.1) is 0 Å². The molecule has 0 aliphatic heterocycles. The van der Waals surface area contributed by atoms with Gasteiger partial charge in [-0.3, -0.25) is 9.59 Å². The maximum Gasteiger partial charge on any atom is 0.316 e. The minimum absolute atomic E-state index is 0.144. The van der Waals surface area contributed by atoms with Crippen LogP contribution in [0.1, 0.15) is 43.1 Å². The number of fused-ring (bicyclic) bond motifs is 1. The first-order valence-electron chi connectivity index (χ1n) is 5.87. The quantitative estimate of drug-likeness (QED) is 0.588. The molecule has 0 atom stereocenters. The zero-order valence-electron chi connectivity index (χ0n) is 10.7. The zero-order valence-corrected chi connectivity index (χ0v) is 12.3. The van der Waals surface area contributed by atoms with Gasteiger partial charge in [-0.25, -0.2) is 0 Å². The van der Waals surface area contributed by atoms with Gasteiger partial charge in [0.15, 0.2) is 5.78 Å². The van der Waals surface area contributed by atoms with Crippen LogP contribution >= 0.6 is 15.9 Å². The fourth-order valence-electron chi connectivity index (χ4n) is 1.84. The van der Waals surface area contributed by atoms with Gasteiger partial charge < -0.3 is 4.74 Å². The highest BCUT2D eigenvalue weighted by atomic mass is 79.9.